The Hall–Kier alpha value is -1.85. The molecule has 0 spiro atoms. The fraction of sp³-hybridized carbons (Fsp3) is 0.375. The molecule has 0 fully saturated rings. The maximum Gasteiger partial charge on any atom is 0.220 e. The molecular formula is C16H20ClN3O2. The molecule has 1 aromatic heterocycles. The van der Waals surface area contributed by atoms with Crippen LogP contribution >= 0.6 is 11.6 Å². The maximum absolute atomic E-state index is 11.7. The van der Waals surface area contributed by atoms with Crippen LogP contribution in [-0.2, 0) is 11.2 Å². The molecule has 0 saturated carbocycles. The van der Waals surface area contributed by atoms with Crippen LogP contribution in [0.2, 0.25) is 5.02 Å². The van der Waals surface area contributed by atoms with Gasteiger partial charge in [-0.05, 0) is 37.6 Å². The Morgan fingerprint density at radius 1 is 1.41 bits per heavy atom. The third-order valence-corrected chi connectivity index (χ3v) is 3.42. The van der Waals surface area contributed by atoms with Gasteiger partial charge in [0.2, 0.25) is 5.91 Å². The van der Waals surface area contributed by atoms with E-state index in [1.807, 2.05) is 19.1 Å². The van der Waals surface area contributed by atoms with Crippen molar-refractivity contribution in [3.63, 3.8) is 0 Å². The highest BCUT2D eigenvalue weighted by Gasteiger charge is 2.09. The van der Waals surface area contributed by atoms with E-state index in [0.29, 0.717) is 36.1 Å². The quantitative estimate of drug-likeness (QED) is 0.821. The molecule has 3 N–H and O–H groups in total. The first-order valence-electron chi connectivity index (χ1n) is 7.27. The van der Waals surface area contributed by atoms with Gasteiger partial charge in [0.25, 0.3) is 0 Å². The Morgan fingerprint density at radius 3 is 2.82 bits per heavy atom. The molecule has 0 radical (unpaired) electrons. The summed E-state index contributed by atoms with van der Waals surface area (Å²) in [4.78, 5) is 15.9. The van der Waals surface area contributed by atoms with Crippen LogP contribution in [0.4, 0.5) is 0 Å². The Labute approximate surface area is 134 Å². The van der Waals surface area contributed by atoms with Gasteiger partial charge < -0.3 is 15.5 Å². The highest BCUT2D eigenvalue weighted by Crippen LogP contribution is 2.22. The van der Waals surface area contributed by atoms with Crippen LogP contribution in [0.15, 0.2) is 34.9 Å². The van der Waals surface area contributed by atoms with Gasteiger partial charge in [0.1, 0.15) is 0 Å². The lowest BCUT2D eigenvalue weighted by atomic mass is 10.2. The van der Waals surface area contributed by atoms with Crippen LogP contribution in [0.1, 0.15) is 25.7 Å². The van der Waals surface area contributed by atoms with Crippen molar-refractivity contribution >= 4 is 17.5 Å². The number of rotatable bonds is 7. The number of benzene rings is 1. The molecule has 0 aliphatic carbocycles. The topological polar surface area (TPSA) is 81.1 Å². The number of oxazole rings is 1. The number of nitrogens with two attached hydrogens (primary N) is 1. The number of amides is 1. The third-order valence-electron chi connectivity index (χ3n) is 3.17. The van der Waals surface area contributed by atoms with Crippen molar-refractivity contribution in [1.82, 2.24) is 10.3 Å². The lowest BCUT2D eigenvalue weighted by molar-refractivity contribution is -0.121. The summed E-state index contributed by atoms with van der Waals surface area (Å²) in [6.07, 6.45) is 3.25. The molecule has 2 aromatic rings. The van der Waals surface area contributed by atoms with Crippen molar-refractivity contribution in [2.24, 2.45) is 5.73 Å². The highest BCUT2D eigenvalue weighted by atomic mass is 35.5. The summed E-state index contributed by atoms with van der Waals surface area (Å²) in [7, 11) is 0. The Kier molecular flexibility index (Phi) is 5.98. The van der Waals surface area contributed by atoms with E-state index in [4.69, 9.17) is 21.8 Å². The van der Waals surface area contributed by atoms with Gasteiger partial charge in [-0.15, -0.1) is 0 Å². The molecule has 1 aromatic carbocycles. The lowest BCUT2D eigenvalue weighted by Crippen LogP contribution is -2.29. The number of carbonyl (C=O) groups is 1. The average Bonchev–Trinajstić information content (AvgIpc) is 2.94. The number of hydrogen-bond donors (Lipinski definition) is 2. The minimum atomic E-state index is -0.0214. The zero-order valence-corrected chi connectivity index (χ0v) is 13.3. The molecule has 1 atom stereocenters. The number of halogens is 1. The second-order valence-electron chi connectivity index (χ2n) is 5.24. The molecule has 0 aliphatic heterocycles. The summed E-state index contributed by atoms with van der Waals surface area (Å²) in [6, 6.07) is 7.42. The fourth-order valence-electron chi connectivity index (χ4n) is 1.92. The number of aromatic nitrogens is 1. The van der Waals surface area contributed by atoms with Crippen molar-refractivity contribution in [1.29, 1.82) is 0 Å². The normalized spacial score (nSPS) is 12.1. The number of aryl methyl sites for hydroxylation is 1. The van der Waals surface area contributed by atoms with E-state index < -0.39 is 0 Å². The van der Waals surface area contributed by atoms with Crippen LogP contribution in [0.25, 0.3) is 11.3 Å². The molecule has 1 heterocycles. The molecule has 0 saturated heterocycles. The first kappa shape index (κ1) is 16.5. The van der Waals surface area contributed by atoms with E-state index in [1.54, 1.807) is 18.3 Å². The largest absolute Gasteiger partial charge is 0.441 e. The van der Waals surface area contributed by atoms with E-state index >= 15 is 0 Å². The van der Waals surface area contributed by atoms with Gasteiger partial charge >= 0.3 is 0 Å². The van der Waals surface area contributed by atoms with Gasteiger partial charge in [0.05, 0.1) is 6.20 Å². The zero-order chi connectivity index (χ0) is 15.9. The van der Waals surface area contributed by atoms with Gasteiger partial charge in [-0.1, -0.05) is 11.6 Å². The van der Waals surface area contributed by atoms with Crippen LogP contribution in [0.3, 0.4) is 0 Å². The monoisotopic (exact) mass is 321 g/mol. The van der Waals surface area contributed by atoms with Crippen LogP contribution < -0.4 is 11.1 Å². The summed E-state index contributed by atoms with van der Waals surface area (Å²) in [5, 5.41) is 3.50. The lowest BCUT2D eigenvalue weighted by Gasteiger charge is -2.06. The summed E-state index contributed by atoms with van der Waals surface area (Å²) in [6.45, 7) is 2.51. The fourth-order valence-corrected chi connectivity index (χ4v) is 2.05. The number of carbonyl (C=O) groups excluding carboxylic acids is 1. The van der Waals surface area contributed by atoms with Crippen molar-refractivity contribution in [2.45, 2.75) is 32.2 Å². The van der Waals surface area contributed by atoms with Gasteiger partial charge in [0, 0.05) is 36.0 Å². The predicted octanol–water partition coefficient (Wildman–Crippen LogP) is 2.78. The Balaban J connectivity index is 1.82. The standard InChI is InChI=1S/C16H20ClN3O2/c1-11(18)8-9-19-15(21)6-7-16-20-10-14(22-16)12-2-4-13(17)5-3-12/h2-5,10-11H,6-9,18H2,1H3,(H,19,21). The number of hydrogen-bond acceptors (Lipinski definition) is 4. The molecule has 0 bridgehead atoms. The molecule has 5 nitrogen and oxygen atoms in total. The summed E-state index contributed by atoms with van der Waals surface area (Å²) in [5.41, 5.74) is 6.53. The molecule has 22 heavy (non-hydrogen) atoms. The third kappa shape index (κ3) is 5.16. The molecule has 1 unspecified atom stereocenters. The zero-order valence-electron chi connectivity index (χ0n) is 12.5. The van der Waals surface area contributed by atoms with Crippen LogP contribution in [-0.4, -0.2) is 23.5 Å². The molecular weight excluding hydrogens is 302 g/mol. The van der Waals surface area contributed by atoms with E-state index in [1.165, 1.54) is 0 Å². The first-order chi connectivity index (χ1) is 10.5. The molecule has 6 heteroatoms. The Bertz CT molecular complexity index is 608. The summed E-state index contributed by atoms with van der Waals surface area (Å²) < 4.78 is 5.65. The van der Waals surface area contributed by atoms with E-state index in [-0.39, 0.29) is 11.9 Å². The first-order valence-corrected chi connectivity index (χ1v) is 7.65. The van der Waals surface area contributed by atoms with Gasteiger partial charge in [0.15, 0.2) is 11.7 Å². The summed E-state index contributed by atoms with van der Waals surface area (Å²) >= 11 is 5.85. The van der Waals surface area contributed by atoms with E-state index in [0.717, 1.165) is 12.0 Å². The van der Waals surface area contributed by atoms with Crippen LogP contribution in [0.5, 0.6) is 0 Å². The number of nitrogens with zero attached hydrogens (tertiary/aromatic N) is 1. The minimum Gasteiger partial charge on any atom is -0.441 e. The van der Waals surface area contributed by atoms with Gasteiger partial charge in [-0.3, -0.25) is 4.79 Å². The maximum atomic E-state index is 11.7. The molecule has 118 valence electrons. The minimum absolute atomic E-state index is 0.0214. The summed E-state index contributed by atoms with van der Waals surface area (Å²) in [5.74, 6) is 1.20. The highest BCUT2D eigenvalue weighted by molar-refractivity contribution is 6.30. The molecule has 2 rings (SSSR count). The number of nitrogens with one attached hydrogen (secondary N) is 1. The SMILES string of the molecule is CC(N)CCNC(=O)CCc1ncc(-c2ccc(Cl)cc2)o1. The van der Waals surface area contributed by atoms with Crippen molar-refractivity contribution in [2.75, 3.05) is 6.54 Å². The van der Waals surface area contributed by atoms with Crippen molar-refractivity contribution in [3.8, 4) is 11.3 Å². The second kappa shape index (κ2) is 7.96. The second-order valence-corrected chi connectivity index (χ2v) is 5.68. The van der Waals surface area contributed by atoms with Gasteiger partial charge in [-0.25, -0.2) is 4.98 Å². The molecule has 0 aliphatic rings. The smallest absolute Gasteiger partial charge is 0.220 e. The van der Waals surface area contributed by atoms with E-state index in [2.05, 4.69) is 10.3 Å². The van der Waals surface area contributed by atoms with Gasteiger partial charge in [-0.2, -0.15) is 0 Å². The molecule has 1 amide bonds. The van der Waals surface area contributed by atoms with E-state index in [9.17, 15) is 4.79 Å². The van der Waals surface area contributed by atoms with Crippen molar-refractivity contribution in [3.05, 3.63) is 41.4 Å². The predicted molar refractivity (Wildman–Crippen MR) is 86.5 cm³/mol. The Morgan fingerprint density at radius 2 is 2.14 bits per heavy atom. The van der Waals surface area contributed by atoms with Crippen molar-refractivity contribution < 1.29 is 9.21 Å². The van der Waals surface area contributed by atoms with Crippen LogP contribution in [0, 0.1) is 0 Å². The average molecular weight is 322 g/mol.